The fourth-order valence-corrected chi connectivity index (χ4v) is 1.57. The van der Waals surface area contributed by atoms with Gasteiger partial charge in [0.15, 0.2) is 5.78 Å². The number of rotatable bonds is 4. The predicted molar refractivity (Wildman–Crippen MR) is 48.0 cm³/mol. The molecule has 0 spiro atoms. The topological polar surface area (TPSA) is 50.1 Å². The Labute approximate surface area is 78.7 Å². The minimum atomic E-state index is -0.493. The van der Waals surface area contributed by atoms with Crippen molar-refractivity contribution in [2.75, 3.05) is 7.11 Å². The number of ketones is 1. The summed E-state index contributed by atoms with van der Waals surface area (Å²) in [6.45, 7) is 1.64. The molecule has 1 rings (SSSR count). The minimum absolute atomic E-state index is 0.00375. The number of methoxy groups -OCH3 is 1. The van der Waals surface area contributed by atoms with E-state index in [0.29, 0.717) is 6.42 Å². The van der Waals surface area contributed by atoms with E-state index in [1.165, 1.54) is 0 Å². The van der Waals surface area contributed by atoms with Gasteiger partial charge in [0.05, 0.1) is 11.7 Å². The number of carbonyl (C=O) groups excluding carboxylic acids is 1. The molecule has 1 saturated carbocycles. The number of carbonyl (C=O) groups is 1. The van der Waals surface area contributed by atoms with E-state index in [1.807, 2.05) is 6.07 Å². The second-order valence-corrected chi connectivity index (χ2v) is 3.73. The molecule has 1 unspecified atom stereocenters. The molecular weight excluding hydrogens is 166 g/mol. The third kappa shape index (κ3) is 2.07. The van der Waals surface area contributed by atoms with Crippen molar-refractivity contribution >= 4 is 5.78 Å². The van der Waals surface area contributed by atoms with Gasteiger partial charge in [-0.05, 0) is 26.2 Å². The van der Waals surface area contributed by atoms with Crippen LogP contribution < -0.4 is 0 Å². The minimum Gasteiger partial charge on any atom is -0.378 e. The Balaban J connectivity index is 2.48. The lowest BCUT2D eigenvalue weighted by molar-refractivity contribution is -0.134. The first-order valence-corrected chi connectivity index (χ1v) is 4.61. The van der Waals surface area contributed by atoms with E-state index in [-0.39, 0.29) is 11.4 Å². The molecule has 0 saturated heterocycles. The van der Waals surface area contributed by atoms with Crippen LogP contribution in [0.5, 0.6) is 0 Å². The van der Waals surface area contributed by atoms with Crippen LogP contribution in [0.2, 0.25) is 0 Å². The van der Waals surface area contributed by atoms with Gasteiger partial charge in [0.2, 0.25) is 0 Å². The van der Waals surface area contributed by atoms with Gasteiger partial charge in [-0.15, -0.1) is 0 Å². The van der Waals surface area contributed by atoms with Gasteiger partial charge >= 0.3 is 0 Å². The second-order valence-electron chi connectivity index (χ2n) is 3.73. The van der Waals surface area contributed by atoms with Gasteiger partial charge in [-0.1, -0.05) is 0 Å². The highest BCUT2D eigenvalue weighted by atomic mass is 16.5. The van der Waals surface area contributed by atoms with Crippen molar-refractivity contribution in [3.8, 4) is 6.07 Å². The van der Waals surface area contributed by atoms with Crippen LogP contribution in [0.4, 0.5) is 0 Å². The Hall–Kier alpha value is -0.880. The van der Waals surface area contributed by atoms with Gasteiger partial charge in [0.1, 0.15) is 5.92 Å². The Morgan fingerprint density at radius 2 is 2.31 bits per heavy atom. The van der Waals surface area contributed by atoms with Crippen LogP contribution in [-0.2, 0) is 9.53 Å². The summed E-state index contributed by atoms with van der Waals surface area (Å²) in [5, 5.41) is 8.55. The average Bonchev–Trinajstić information content (AvgIpc) is 2.09. The molecule has 0 amide bonds. The Morgan fingerprint density at radius 3 is 2.62 bits per heavy atom. The third-order valence-electron chi connectivity index (χ3n) is 2.87. The maximum atomic E-state index is 11.4. The van der Waals surface area contributed by atoms with Crippen molar-refractivity contribution in [3.63, 3.8) is 0 Å². The maximum absolute atomic E-state index is 11.4. The SMILES string of the molecule is COC1(CC(=O)C(C)C#N)CCC1. The molecule has 0 heterocycles. The van der Waals surface area contributed by atoms with Gasteiger partial charge in [-0.25, -0.2) is 0 Å². The zero-order valence-electron chi connectivity index (χ0n) is 8.17. The molecule has 13 heavy (non-hydrogen) atoms. The van der Waals surface area contributed by atoms with Crippen molar-refractivity contribution < 1.29 is 9.53 Å². The summed E-state index contributed by atoms with van der Waals surface area (Å²) in [6.07, 6.45) is 3.43. The number of Topliss-reactive ketones (excluding diaryl/α,β-unsaturated/α-hetero) is 1. The zero-order chi connectivity index (χ0) is 9.90. The quantitative estimate of drug-likeness (QED) is 0.663. The first-order chi connectivity index (χ1) is 6.13. The third-order valence-corrected chi connectivity index (χ3v) is 2.87. The Bertz CT molecular complexity index is 232. The number of nitrogens with zero attached hydrogens (tertiary/aromatic N) is 1. The van der Waals surface area contributed by atoms with Crippen LogP contribution in [0.25, 0.3) is 0 Å². The van der Waals surface area contributed by atoms with Crippen LogP contribution in [0.3, 0.4) is 0 Å². The lowest BCUT2D eigenvalue weighted by Gasteiger charge is -2.40. The van der Waals surface area contributed by atoms with Crippen molar-refractivity contribution in [3.05, 3.63) is 0 Å². The summed E-state index contributed by atoms with van der Waals surface area (Å²) in [6, 6.07) is 1.95. The standard InChI is InChI=1S/C10H15NO2/c1-8(7-11)9(12)6-10(13-2)4-3-5-10/h8H,3-6H2,1-2H3. The molecule has 0 bridgehead atoms. The molecule has 1 aliphatic carbocycles. The van der Waals surface area contributed by atoms with E-state index < -0.39 is 5.92 Å². The van der Waals surface area contributed by atoms with Crippen molar-refractivity contribution in [1.82, 2.24) is 0 Å². The number of hydrogen-bond acceptors (Lipinski definition) is 3. The molecule has 0 aromatic carbocycles. The van der Waals surface area contributed by atoms with Crippen LogP contribution >= 0.6 is 0 Å². The molecule has 1 aliphatic rings. The van der Waals surface area contributed by atoms with Crippen LogP contribution in [0, 0.1) is 17.2 Å². The lowest BCUT2D eigenvalue weighted by atomic mass is 9.75. The second kappa shape index (κ2) is 3.89. The van der Waals surface area contributed by atoms with Gasteiger partial charge in [-0.2, -0.15) is 5.26 Å². The first kappa shape index (κ1) is 10.2. The van der Waals surface area contributed by atoms with Gasteiger partial charge in [0, 0.05) is 13.5 Å². The van der Waals surface area contributed by atoms with E-state index >= 15 is 0 Å². The Morgan fingerprint density at radius 1 is 1.69 bits per heavy atom. The monoisotopic (exact) mass is 181 g/mol. The molecule has 72 valence electrons. The summed E-state index contributed by atoms with van der Waals surface area (Å²) >= 11 is 0. The zero-order valence-corrected chi connectivity index (χ0v) is 8.17. The fourth-order valence-electron chi connectivity index (χ4n) is 1.57. The summed E-state index contributed by atoms with van der Waals surface area (Å²) in [7, 11) is 1.64. The van der Waals surface area contributed by atoms with E-state index in [0.717, 1.165) is 19.3 Å². The van der Waals surface area contributed by atoms with E-state index in [1.54, 1.807) is 14.0 Å². The molecule has 1 atom stereocenters. The maximum Gasteiger partial charge on any atom is 0.152 e. The van der Waals surface area contributed by atoms with Crippen molar-refractivity contribution in [2.24, 2.45) is 5.92 Å². The van der Waals surface area contributed by atoms with Crippen LogP contribution in [0.15, 0.2) is 0 Å². The first-order valence-electron chi connectivity index (χ1n) is 4.61. The molecule has 0 N–H and O–H groups in total. The summed E-state index contributed by atoms with van der Waals surface area (Å²) in [5.41, 5.74) is -0.234. The summed E-state index contributed by atoms with van der Waals surface area (Å²) < 4.78 is 5.31. The van der Waals surface area contributed by atoms with Crippen molar-refractivity contribution in [1.29, 1.82) is 5.26 Å². The highest BCUT2D eigenvalue weighted by molar-refractivity contribution is 5.83. The summed E-state index contributed by atoms with van der Waals surface area (Å²) in [5.74, 6) is -0.489. The molecule has 3 heteroatoms. The van der Waals surface area contributed by atoms with Crippen molar-refractivity contribution in [2.45, 2.75) is 38.2 Å². The normalized spacial score (nSPS) is 21.3. The molecule has 1 fully saturated rings. The molecule has 0 aliphatic heterocycles. The predicted octanol–water partition coefficient (Wildman–Crippen LogP) is 1.67. The highest BCUT2D eigenvalue weighted by Gasteiger charge is 2.39. The fraction of sp³-hybridized carbons (Fsp3) is 0.800. The average molecular weight is 181 g/mol. The number of nitriles is 1. The van der Waals surface area contributed by atoms with Crippen LogP contribution in [0.1, 0.15) is 32.6 Å². The molecule has 0 aromatic heterocycles. The smallest absolute Gasteiger partial charge is 0.152 e. The number of hydrogen-bond donors (Lipinski definition) is 0. The van der Waals surface area contributed by atoms with E-state index in [2.05, 4.69) is 0 Å². The van der Waals surface area contributed by atoms with Gasteiger partial charge in [0.25, 0.3) is 0 Å². The summed E-state index contributed by atoms with van der Waals surface area (Å²) in [4.78, 5) is 11.4. The Kier molecular flexibility index (Phi) is 3.05. The molecule has 0 aromatic rings. The highest BCUT2D eigenvalue weighted by Crippen LogP contribution is 2.38. The van der Waals surface area contributed by atoms with Gasteiger partial charge < -0.3 is 4.74 Å². The molecular formula is C10H15NO2. The largest absolute Gasteiger partial charge is 0.378 e. The molecule has 3 nitrogen and oxygen atoms in total. The lowest BCUT2D eigenvalue weighted by Crippen LogP contribution is -2.42. The van der Waals surface area contributed by atoms with Gasteiger partial charge in [-0.3, -0.25) is 4.79 Å². The number of ether oxygens (including phenoxy) is 1. The van der Waals surface area contributed by atoms with E-state index in [4.69, 9.17) is 10.00 Å². The molecule has 0 radical (unpaired) electrons. The van der Waals surface area contributed by atoms with E-state index in [9.17, 15) is 4.79 Å². The van der Waals surface area contributed by atoms with Crippen LogP contribution in [-0.4, -0.2) is 18.5 Å².